The van der Waals surface area contributed by atoms with Crippen LogP contribution in [0.5, 0.6) is 5.75 Å². The Bertz CT molecular complexity index is 347. The second kappa shape index (κ2) is 6.62. The first kappa shape index (κ1) is 14.0. The predicted molar refractivity (Wildman–Crippen MR) is 68.4 cm³/mol. The zero-order chi connectivity index (χ0) is 12.8. The van der Waals surface area contributed by atoms with Crippen molar-refractivity contribution >= 4 is 0 Å². The van der Waals surface area contributed by atoms with Gasteiger partial charge in [-0.05, 0) is 32.4 Å². The Kier molecular flexibility index (Phi) is 5.45. The van der Waals surface area contributed by atoms with Gasteiger partial charge in [-0.25, -0.2) is 0 Å². The summed E-state index contributed by atoms with van der Waals surface area (Å²) in [6.45, 7) is 6.44. The third kappa shape index (κ3) is 4.36. The van der Waals surface area contributed by atoms with E-state index in [-0.39, 0.29) is 6.10 Å². The molecule has 0 fully saturated rings. The lowest BCUT2D eigenvalue weighted by molar-refractivity contribution is 0.130. The number of hydrogen-bond donors (Lipinski definition) is 1. The van der Waals surface area contributed by atoms with Crippen molar-refractivity contribution in [2.75, 3.05) is 13.7 Å². The minimum Gasteiger partial charge on any atom is -0.490 e. The zero-order valence-corrected chi connectivity index (χ0v) is 11.1. The van der Waals surface area contributed by atoms with Crippen molar-refractivity contribution in [3.8, 4) is 5.75 Å². The fraction of sp³-hybridized carbons (Fsp3) is 0.571. The van der Waals surface area contributed by atoms with Crippen LogP contribution in [0.4, 0.5) is 0 Å². The average Bonchev–Trinajstić information content (AvgIpc) is 2.26. The van der Waals surface area contributed by atoms with Crippen LogP contribution in [0, 0.1) is 6.92 Å². The second-order valence-electron chi connectivity index (χ2n) is 4.43. The molecule has 2 unspecified atom stereocenters. The van der Waals surface area contributed by atoms with Crippen molar-refractivity contribution in [2.45, 2.75) is 39.4 Å². The van der Waals surface area contributed by atoms with E-state index >= 15 is 0 Å². The molecule has 3 nitrogen and oxygen atoms in total. The maximum absolute atomic E-state index is 9.68. The molecule has 0 spiro atoms. The molecule has 17 heavy (non-hydrogen) atoms. The van der Waals surface area contributed by atoms with E-state index in [2.05, 4.69) is 0 Å². The van der Waals surface area contributed by atoms with Crippen LogP contribution in [0.15, 0.2) is 18.2 Å². The van der Waals surface area contributed by atoms with E-state index in [9.17, 15) is 5.11 Å². The third-order valence-corrected chi connectivity index (χ3v) is 2.68. The van der Waals surface area contributed by atoms with E-state index in [0.29, 0.717) is 6.61 Å². The Morgan fingerprint density at radius 1 is 1.29 bits per heavy atom. The SMILES string of the molecule is COCCC(C)Oc1cc(C)ccc1C(C)O. The summed E-state index contributed by atoms with van der Waals surface area (Å²) >= 11 is 0. The summed E-state index contributed by atoms with van der Waals surface area (Å²) in [6, 6.07) is 5.86. The lowest BCUT2D eigenvalue weighted by Gasteiger charge is -2.19. The Hall–Kier alpha value is -1.06. The Morgan fingerprint density at radius 3 is 2.59 bits per heavy atom. The lowest BCUT2D eigenvalue weighted by Crippen LogP contribution is -2.15. The summed E-state index contributed by atoms with van der Waals surface area (Å²) < 4.78 is 10.9. The molecule has 0 saturated carbocycles. The van der Waals surface area contributed by atoms with E-state index in [1.807, 2.05) is 32.0 Å². The first-order valence-corrected chi connectivity index (χ1v) is 5.98. The number of benzene rings is 1. The number of aliphatic hydroxyl groups is 1. The lowest BCUT2D eigenvalue weighted by atomic mass is 10.1. The van der Waals surface area contributed by atoms with Crippen LogP contribution in [0.2, 0.25) is 0 Å². The first-order chi connectivity index (χ1) is 8.04. The molecule has 0 bridgehead atoms. The highest BCUT2D eigenvalue weighted by Gasteiger charge is 2.12. The maximum atomic E-state index is 9.68. The van der Waals surface area contributed by atoms with Crippen LogP contribution < -0.4 is 4.74 Å². The smallest absolute Gasteiger partial charge is 0.125 e. The van der Waals surface area contributed by atoms with Crippen molar-refractivity contribution in [1.29, 1.82) is 0 Å². The molecule has 96 valence electrons. The Morgan fingerprint density at radius 2 is 2.00 bits per heavy atom. The molecule has 1 rings (SSSR count). The van der Waals surface area contributed by atoms with Gasteiger partial charge < -0.3 is 14.6 Å². The van der Waals surface area contributed by atoms with E-state index in [4.69, 9.17) is 9.47 Å². The second-order valence-corrected chi connectivity index (χ2v) is 4.43. The van der Waals surface area contributed by atoms with Crippen LogP contribution in [-0.2, 0) is 4.74 Å². The fourth-order valence-electron chi connectivity index (χ4n) is 1.65. The van der Waals surface area contributed by atoms with Gasteiger partial charge in [0.25, 0.3) is 0 Å². The molecule has 0 amide bonds. The molecule has 0 saturated heterocycles. The highest BCUT2D eigenvalue weighted by molar-refractivity contribution is 5.38. The molecule has 1 aromatic carbocycles. The van der Waals surface area contributed by atoms with Crippen molar-refractivity contribution in [2.24, 2.45) is 0 Å². The molecular formula is C14H22O3. The fourth-order valence-corrected chi connectivity index (χ4v) is 1.65. The van der Waals surface area contributed by atoms with Gasteiger partial charge in [0.2, 0.25) is 0 Å². The Balaban J connectivity index is 2.77. The van der Waals surface area contributed by atoms with Crippen LogP contribution in [0.25, 0.3) is 0 Å². The molecule has 0 heterocycles. The number of aryl methyl sites for hydroxylation is 1. The molecule has 2 atom stereocenters. The van der Waals surface area contributed by atoms with E-state index in [1.165, 1.54) is 0 Å². The van der Waals surface area contributed by atoms with Gasteiger partial charge >= 0.3 is 0 Å². The number of ether oxygens (including phenoxy) is 2. The summed E-state index contributed by atoms with van der Waals surface area (Å²) in [5.41, 5.74) is 1.96. The van der Waals surface area contributed by atoms with Gasteiger partial charge in [0.1, 0.15) is 5.75 Å². The summed E-state index contributed by atoms with van der Waals surface area (Å²) in [5.74, 6) is 0.767. The molecule has 0 aliphatic heterocycles. The summed E-state index contributed by atoms with van der Waals surface area (Å²) in [5, 5.41) is 9.68. The van der Waals surface area contributed by atoms with Crippen molar-refractivity contribution in [3.63, 3.8) is 0 Å². The van der Waals surface area contributed by atoms with Crippen LogP contribution >= 0.6 is 0 Å². The number of methoxy groups -OCH3 is 1. The minimum atomic E-state index is -0.514. The average molecular weight is 238 g/mol. The van der Waals surface area contributed by atoms with Gasteiger partial charge in [0.15, 0.2) is 0 Å². The molecule has 1 aromatic rings. The van der Waals surface area contributed by atoms with Gasteiger partial charge in [-0.3, -0.25) is 0 Å². The quantitative estimate of drug-likeness (QED) is 0.828. The summed E-state index contributed by atoms with van der Waals surface area (Å²) in [7, 11) is 1.68. The van der Waals surface area contributed by atoms with Gasteiger partial charge in [-0.1, -0.05) is 12.1 Å². The van der Waals surface area contributed by atoms with E-state index < -0.39 is 6.10 Å². The molecule has 0 radical (unpaired) electrons. The van der Waals surface area contributed by atoms with Gasteiger partial charge in [-0.15, -0.1) is 0 Å². The monoisotopic (exact) mass is 238 g/mol. The highest BCUT2D eigenvalue weighted by Crippen LogP contribution is 2.27. The van der Waals surface area contributed by atoms with Crippen molar-refractivity contribution < 1.29 is 14.6 Å². The summed E-state index contributed by atoms with van der Waals surface area (Å²) in [6.07, 6.45) is 0.401. The van der Waals surface area contributed by atoms with Gasteiger partial charge in [-0.2, -0.15) is 0 Å². The molecule has 0 aliphatic rings. The van der Waals surface area contributed by atoms with Crippen molar-refractivity contribution in [1.82, 2.24) is 0 Å². The van der Waals surface area contributed by atoms with E-state index in [0.717, 1.165) is 23.3 Å². The van der Waals surface area contributed by atoms with E-state index in [1.54, 1.807) is 14.0 Å². The normalized spacial score (nSPS) is 14.4. The van der Waals surface area contributed by atoms with Crippen LogP contribution in [0.3, 0.4) is 0 Å². The van der Waals surface area contributed by atoms with Crippen LogP contribution in [0.1, 0.15) is 37.5 Å². The molecule has 1 N–H and O–H groups in total. The van der Waals surface area contributed by atoms with Crippen LogP contribution in [-0.4, -0.2) is 24.9 Å². The summed E-state index contributed by atoms with van der Waals surface area (Å²) in [4.78, 5) is 0. The highest BCUT2D eigenvalue weighted by atomic mass is 16.5. The molecule has 0 aromatic heterocycles. The number of aliphatic hydroxyl groups excluding tert-OH is 1. The first-order valence-electron chi connectivity index (χ1n) is 5.98. The largest absolute Gasteiger partial charge is 0.490 e. The Labute approximate surface area is 103 Å². The number of rotatable bonds is 6. The predicted octanol–water partition coefficient (Wildman–Crippen LogP) is 2.85. The molecule has 3 heteroatoms. The standard InChI is InChI=1S/C14H22O3/c1-10-5-6-13(12(3)15)14(9-10)17-11(2)7-8-16-4/h5-6,9,11-12,15H,7-8H2,1-4H3. The van der Waals surface area contributed by atoms with Crippen molar-refractivity contribution in [3.05, 3.63) is 29.3 Å². The topological polar surface area (TPSA) is 38.7 Å². The zero-order valence-electron chi connectivity index (χ0n) is 11.1. The maximum Gasteiger partial charge on any atom is 0.125 e. The number of hydrogen-bond acceptors (Lipinski definition) is 3. The third-order valence-electron chi connectivity index (χ3n) is 2.68. The minimum absolute atomic E-state index is 0.0780. The molecular weight excluding hydrogens is 216 g/mol. The van der Waals surface area contributed by atoms with Gasteiger partial charge in [0.05, 0.1) is 12.2 Å². The molecule has 0 aliphatic carbocycles. The van der Waals surface area contributed by atoms with Gasteiger partial charge in [0, 0.05) is 25.7 Å².